The molecule has 1 amide bonds. The van der Waals surface area contributed by atoms with Crippen molar-refractivity contribution in [1.29, 1.82) is 0 Å². The zero-order valence-corrected chi connectivity index (χ0v) is 17.7. The molecule has 5 rings (SSSR count). The number of hydrogen-bond donors (Lipinski definition) is 1. The quantitative estimate of drug-likeness (QED) is 0.587. The zero-order chi connectivity index (χ0) is 23.3. The second kappa shape index (κ2) is 7.98. The van der Waals surface area contributed by atoms with Crippen molar-refractivity contribution < 1.29 is 22.4 Å². The van der Waals surface area contributed by atoms with Crippen LogP contribution in [0.3, 0.4) is 0 Å². The van der Waals surface area contributed by atoms with E-state index >= 15 is 0 Å². The fraction of sp³-hybridized carbons (Fsp3) is 0.273. The van der Waals surface area contributed by atoms with Gasteiger partial charge in [0.25, 0.3) is 11.5 Å². The predicted molar refractivity (Wildman–Crippen MR) is 116 cm³/mol. The van der Waals surface area contributed by atoms with Gasteiger partial charge >= 0.3 is 6.18 Å². The molecule has 2 atom stereocenters. The highest BCUT2D eigenvalue weighted by Gasteiger charge is 2.48. The van der Waals surface area contributed by atoms with Crippen molar-refractivity contribution in [2.45, 2.75) is 23.9 Å². The standard InChI is InChI=1S/C22H16F4N4O2S/c23-15-6-5-11(8-16-12-3-1-2-4-13(12)19(31)29-28-16)7-14(15)20(32)30-9-17-18(10-30)33-21(27-17)22(24,25)26/h1-7,17-18H,8-10H2,(H,29,31). The van der Waals surface area contributed by atoms with E-state index in [4.69, 9.17) is 0 Å². The van der Waals surface area contributed by atoms with Crippen LogP contribution in [0, 0.1) is 5.82 Å². The van der Waals surface area contributed by atoms with Gasteiger partial charge in [-0.1, -0.05) is 36.0 Å². The minimum Gasteiger partial charge on any atom is -0.335 e. The maximum Gasteiger partial charge on any atom is 0.439 e. The van der Waals surface area contributed by atoms with Crippen molar-refractivity contribution in [2.75, 3.05) is 13.1 Å². The van der Waals surface area contributed by atoms with Crippen molar-refractivity contribution >= 4 is 33.5 Å². The molecule has 2 aromatic carbocycles. The van der Waals surface area contributed by atoms with E-state index in [0.717, 1.165) is 0 Å². The van der Waals surface area contributed by atoms with Gasteiger partial charge in [-0.15, -0.1) is 0 Å². The molecule has 1 saturated heterocycles. The lowest BCUT2D eigenvalue weighted by Gasteiger charge is -2.18. The molecular weight excluding hydrogens is 460 g/mol. The molecule has 1 N–H and O–H groups in total. The van der Waals surface area contributed by atoms with Crippen LogP contribution in [0.25, 0.3) is 10.8 Å². The Kier molecular flexibility index (Phi) is 5.23. The maximum absolute atomic E-state index is 14.5. The monoisotopic (exact) mass is 476 g/mol. The summed E-state index contributed by atoms with van der Waals surface area (Å²) in [6, 6.07) is 10.4. The van der Waals surface area contributed by atoms with Gasteiger partial charge in [0.2, 0.25) is 0 Å². The first kappa shape index (κ1) is 21.6. The number of thioether (sulfide) groups is 1. The van der Waals surface area contributed by atoms with Crippen LogP contribution >= 0.6 is 11.8 Å². The van der Waals surface area contributed by atoms with Gasteiger partial charge in [-0.3, -0.25) is 14.6 Å². The van der Waals surface area contributed by atoms with Crippen molar-refractivity contribution in [2.24, 2.45) is 4.99 Å². The highest BCUT2D eigenvalue weighted by atomic mass is 32.2. The Labute approximate surface area is 188 Å². The number of aromatic amines is 1. The molecule has 2 aliphatic heterocycles. The van der Waals surface area contributed by atoms with Gasteiger partial charge in [0.1, 0.15) is 5.82 Å². The van der Waals surface area contributed by atoms with Crippen molar-refractivity contribution in [3.63, 3.8) is 0 Å². The average Bonchev–Trinajstić information content (AvgIpc) is 3.36. The molecule has 0 aliphatic carbocycles. The number of amides is 1. The van der Waals surface area contributed by atoms with Gasteiger partial charge in [-0.25, -0.2) is 9.49 Å². The van der Waals surface area contributed by atoms with Crippen molar-refractivity contribution in [3.8, 4) is 0 Å². The molecule has 11 heteroatoms. The minimum atomic E-state index is -4.50. The van der Waals surface area contributed by atoms with E-state index in [9.17, 15) is 27.2 Å². The summed E-state index contributed by atoms with van der Waals surface area (Å²) < 4.78 is 53.2. The SMILES string of the molecule is O=C(c1cc(Cc2n[nH]c(=O)c3ccccc23)ccc1F)N1CC2N=C(C(F)(F)F)SC2C1. The first-order valence-corrected chi connectivity index (χ1v) is 10.9. The number of nitrogens with one attached hydrogen (secondary N) is 1. The van der Waals surface area contributed by atoms with E-state index in [1.807, 2.05) is 0 Å². The lowest BCUT2D eigenvalue weighted by Crippen LogP contribution is -2.31. The van der Waals surface area contributed by atoms with E-state index in [0.29, 0.717) is 33.8 Å². The first-order valence-electron chi connectivity index (χ1n) is 10.1. The summed E-state index contributed by atoms with van der Waals surface area (Å²) in [7, 11) is 0. The minimum absolute atomic E-state index is 0.00582. The third-order valence-corrected chi connectivity index (χ3v) is 7.05. The number of aromatic nitrogens is 2. The number of fused-ring (bicyclic) bond motifs is 2. The number of rotatable bonds is 3. The first-order chi connectivity index (χ1) is 15.7. The molecule has 170 valence electrons. The number of hydrogen-bond acceptors (Lipinski definition) is 5. The number of benzene rings is 2. The highest BCUT2D eigenvalue weighted by molar-refractivity contribution is 8.15. The molecule has 3 heterocycles. The molecule has 0 spiro atoms. The Balaban J connectivity index is 1.38. The topological polar surface area (TPSA) is 78.4 Å². The Morgan fingerprint density at radius 3 is 2.64 bits per heavy atom. The van der Waals surface area contributed by atoms with Gasteiger partial charge < -0.3 is 4.90 Å². The number of aliphatic imine (C=N–C) groups is 1. The van der Waals surface area contributed by atoms with Crippen LogP contribution in [-0.4, -0.2) is 56.6 Å². The number of H-pyrrole nitrogens is 1. The third kappa shape index (κ3) is 4.01. The second-order valence-corrected chi connectivity index (χ2v) is 9.13. The predicted octanol–water partition coefficient (Wildman–Crippen LogP) is 3.55. The summed E-state index contributed by atoms with van der Waals surface area (Å²) in [5.41, 5.74) is 0.691. The number of alkyl halides is 3. The van der Waals surface area contributed by atoms with Crippen LogP contribution in [0.2, 0.25) is 0 Å². The molecule has 0 radical (unpaired) electrons. The van der Waals surface area contributed by atoms with E-state index in [-0.39, 0.29) is 30.6 Å². The normalized spacial score (nSPS) is 20.2. The fourth-order valence-corrected chi connectivity index (χ4v) is 5.32. The largest absolute Gasteiger partial charge is 0.439 e. The molecule has 2 unspecified atom stereocenters. The molecule has 6 nitrogen and oxygen atoms in total. The number of carbonyl (C=O) groups excluding carboxylic acids is 1. The van der Waals surface area contributed by atoms with E-state index < -0.39 is 34.2 Å². The van der Waals surface area contributed by atoms with Crippen molar-refractivity contribution in [1.82, 2.24) is 15.1 Å². The van der Waals surface area contributed by atoms with Gasteiger partial charge in [0.05, 0.1) is 27.9 Å². The van der Waals surface area contributed by atoms with Crippen LogP contribution in [0.5, 0.6) is 0 Å². The molecule has 0 saturated carbocycles. The molecule has 33 heavy (non-hydrogen) atoms. The smallest absolute Gasteiger partial charge is 0.335 e. The van der Waals surface area contributed by atoms with Gasteiger partial charge in [-0.2, -0.15) is 18.3 Å². The Hall–Kier alpha value is -3.21. The van der Waals surface area contributed by atoms with Crippen LogP contribution in [-0.2, 0) is 6.42 Å². The van der Waals surface area contributed by atoms with Crippen LogP contribution in [0.1, 0.15) is 21.6 Å². The Bertz CT molecular complexity index is 1350. The Morgan fingerprint density at radius 1 is 1.15 bits per heavy atom. The summed E-state index contributed by atoms with van der Waals surface area (Å²) in [6.07, 6.45) is -4.25. The summed E-state index contributed by atoms with van der Waals surface area (Å²) in [5.74, 6) is -1.31. The lowest BCUT2D eigenvalue weighted by atomic mass is 10.0. The van der Waals surface area contributed by atoms with E-state index in [2.05, 4.69) is 15.2 Å². The molecule has 2 aliphatic rings. The summed E-state index contributed by atoms with van der Waals surface area (Å²) in [6.45, 7) is 0.0683. The van der Waals surface area contributed by atoms with E-state index in [1.165, 1.54) is 23.1 Å². The number of carbonyl (C=O) groups is 1. The summed E-state index contributed by atoms with van der Waals surface area (Å²) in [4.78, 5) is 30.0. The fourth-order valence-electron chi connectivity index (χ4n) is 4.14. The average molecular weight is 476 g/mol. The number of nitrogens with zero attached hydrogens (tertiary/aromatic N) is 3. The lowest BCUT2D eigenvalue weighted by molar-refractivity contribution is -0.0555. The maximum atomic E-state index is 14.5. The number of likely N-dealkylation sites (tertiary alicyclic amines) is 1. The second-order valence-electron chi connectivity index (χ2n) is 7.90. The van der Waals surface area contributed by atoms with Crippen LogP contribution < -0.4 is 5.56 Å². The van der Waals surface area contributed by atoms with Crippen LogP contribution in [0.15, 0.2) is 52.3 Å². The van der Waals surface area contributed by atoms with Gasteiger partial charge in [0, 0.05) is 24.9 Å². The summed E-state index contributed by atoms with van der Waals surface area (Å²) in [5, 5.41) is 6.31. The molecule has 0 bridgehead atoms. The molecule has 1 fully saturated rings. The van der Waals surface area contributed by atoms with Gasteiger partial charge in [0.15, 0.2) is 5.04 Å². The Morgan fingerprint density at radius 2 is 1.91 bits per heavy atom. The highest BCUT2D eigenvalue weighted by Crippen LogP contribution is 2.39. The van der Waals surface area contributed by atoms with Crippen molar-refractivity contribution in [3.05, 3.63) is 75.5 Å². The molecular formula is C22H16F4N4O2S. The van der Waals surface area contributed by atoms with Gasteiger partial charge in [-0.05, 0) is 23.8 Å². The molecule has 3 aromatic rings. The van der Waals surface area contributed by atoms with E-state index in [1.54, 1.807) is 24.3 Å². The summed E-state index contributed by atoms with van der Waals surface area (Å²) >= 11 is 0.616. The zero-order valence-electron chi connectivity index (χ0n) is 16.9. The number of halogens is 4. The third-order valence-electron chi connectivity index (χ3n) is 5.72. The van der Waals surface area contributed by atoms with Crippen LogP contribution in [0.4, 0.5) is 17.6 Å². The molecule has 1 aromatic heterocycles.